The average molecular weight is 322 g/mol. The normalized spacial score (nSPS) is 15.8. The molecule has 1 saturated carbocycles. The van der Waals surface area contributed by atoms with E-state index in [2.05, 4.69) is 15.3 Å². The van der Waals surface area contributed by atoms with Crippen LogP contribution in [0, 0.1) is 18.7 Å². The Morgan fingerprint density at radius 1 is 1.45 bits per heavy atom. The third kappa shape index (κ3) is 3.54. The van der Waals surface area contributed by atoms with Crippen LogP contribution in [0.2, 0.25) is 5.02 Å². The quantitative estimate of drug-likeness (QED) is 0.889. The van der Waals surface area contributed by atoms with Gasteiger partial charge in [-0.15, -0.1) is 0 Å². The standard InChI is InChI=1S/C16H17ClFN3O/c1-9-6-15(22)21-14(20-9)8-19-16(10-2-3-10)11-4-5-13(18)12(17)7-11/h4-7,10,16,19H,2-3,8H2,1H3,(H,20,21,22). The Bertz CT molecular complexity index is 742. The molecule has 0 bridgehead atoms. The van der Waals surface area contributed by atoms with Crippen LogP contribution in [0.5, 0.6) is 0 Å². The van der Waals surface area contributed by atoms with Crippen molar-refractivity contribution in [1.82, 2.24) is 15.3 Å². The van der Waals surface area contributed by atoms with Crippen LogP contribution in [-0.4, -0.2) is 9.97 Å². The second kappa shape index (κ2) is 6.18. The lowest BCUT2D eigenvalue weighted by Crippen LogP contribution is -2.25. The van der Waals surface area contributed by atoms with Gasteiger partial charge in [0.25, 0.3) is 5.56 Å². The molecule has 0 amide bonds. The fourth-order valence-corrected chi connectivity index (χ4v) is 2.81. The molecule has 116 valence electrons. The highest BCUT2D eigenvalue weighted by molar-refractivity contribution is 6.30. The molecule has 0 saturated heterocycles. The van der Waals surface area contributed by atoms with E-state index in [0.717, 1.165) is 18.4 Å². The van der Waals surface area contributed by atoms with Crippen LogP contribution in [0.15, 0.2) is 29.1 Å². The van der Waals surface area contributed by atoms with Crippen LogP contribution >= 0.6 is 11.6 Å². The van der Waals surface area contributed by atoms with Crippen molar-refractivity contribution in [3.8, 4) is 0 Å². The Labute approximate surface area is 132 Å². The molecule has 1 fully saturated rings. The van der Waals surface area contributed by atoms with Crippen molar-refractivity contribution in [2.75, 3.05) is 0 Å². The van der Waals surface area contributed by atoms with Gasteiger partial charge in [0, 0.05) is 17.8 Å². The van der Waals surface area contributed by atoms with Crippen molar-refractivity contribution in [1.29, 1.82) is 0 Å². The van der Waals surface area contributed by atoms with E-state index in [1.807, 2.05) is 0 Å². The number of hydrogen-bond donors (Lipinski definition) is 2. The number of nitrogens with zero attached hydrogens (tertiary/aromatic N) is 1. The average Bonchev–Trinajstić information content (AvgIpc) is 3.26. The summed E-state index contributed by atoms with van der Waals surface area (Å²) in [5, 5.41) is 3.53. The molecule has 3 rings (SSSR count). The third-order valence-electron chi connectivity index (χ3n) is 3.80. The largest absolute Gasteiger partial charge is 0.309 e. The van der Waals surface area contributed by atoms with E-state index >= 15 is 0 Å². The molecule has 6 heteroatoms. The summed E-state index contributed by atoms with van der Waals surface area (Å²) in [7, 11) is 0. The maximum Gasteiger partial charge on any atom is 0.251 e. The summed E-state index contributed by atoms with van der Waals surface area (Å²) >= 11 is 5.88. The van der Waals surface area contributed by atoms with E-state index in [0.29, 0.717) is 24.0 Å². The zero-order valence-electron chi connectivity index (χ0n) is 12.2. The molecule has 1 atom stereocenters. The highest BCUT2D eigenvalue weighted by Gasteiger charge is 2.32. The summed E-state index contributed by atoms with van der Waals surface area (Å²) < 4.78 is 13.3. The minimum absolute atomic E-state index is 0.0870. The molecule has 2 N–H and O–H groups in total. The Kier molecular flexibility index (Phi) is 4.27. The lowest BCUT2D eigenvalue weighted by molar-refractivity contribution is 0.470. The van der Waals surface area contributed by atoms with Gasteiger partial charge >= 0.3 is 0 Å². The van der Waals surface area contributed by atoms with E-state index in [1.165, 1.54) is 12.1 Å². The molecule has 1 aromatic carbocycles. The maximum atomic E-state index is 13.3. The molecule has 0 spiro atoms. The first-order chi connectivity index (χ1) is 10.5. The number of hydrogen-bond acceptors (Lipinski definition) is 3. The Morgan fingerprint density at radius 3 is 2.86 bits per heavy atom. The van der Waals surface area contributed by atoms with Gasteiger partial charge in [-0.1, -0.05) is 17.7 Å². The van der Waals surface area contributed by atoms with Gasteiger partial charge < -0.3 is 10.3 Å². The van der Waals surface area contributed by atoms with Crippen LogP contribution in [-0.2, 0) is 6.54 Å². The van der Waals surface area contributed by atoms with Gasteiger partial charge in [-0.2, -0.15) is 0 Å². The molecule has 1 heterocycles. The number of aromatic nitrogens is 2. The second-order valence-electron chi connectivity index (χ2n) is 5.70. The Hall–Kier alpha value is -1.72. The summed E-state index contributed by atoms with van der Waals surface area (Å²) in [5.74, 6) is 0.701. The van der Waals surface area contributed by atoms with E-state index < -0.39 is 5.82 Å². The van der Waals surface area contributed by atoms with Crippen LogP contribution in [0.3, 0.4) is 0 Å². The first kappa shape index (κ1) is 15.2. The minimum Gasteiger partial charge on any atom is -0.309 e. The Balaban J connectivity index is 1.77. The van der Waals surface area contributed by atoms with Gasteiger partial charge in [0.15, 0.2) is 0 Å². The molecule has 4 nitrogen and oxygen atoms in total. The molecular formula is C16H17ClFN3O. The van der Waals surface area contributed by atoms with Crippen LogP contribution < -0.4 is 10.9 Å². The van der Waals surface area contributed by atoms with Gasteiger partial charge in [0.05, 0.1) is 11.6 Å². The van der Waals surface area contributed by atoms with Gasteiger partial charge in [-0.3, -0.25) is 4.79 Å². The van der Waals surface area contributed by atoms with Crippen molar-refractivity contribution in [2.24, 2.45) is 5.92 Å². The van der Waals surface area contributed by atoms with Gasteiger partial charge in [0.2, 0.25) is 0 Å². The SMILES string of the molecule is Cc1cc(=O)[nH]c(CNC(c2ccc(F)c(Cl)c2)C2CC2)n1. The summed E-state index contributed by atoms with van der Waals surface area (Å²) in [5.41, 5.74) is 1.49. The molecule has 1 unspecified atom stereocenters. The monoisotopic (exact) mass is 321 g/mol. The Morgan fingerprint density at radius 2 is 2.23 bits per heavy atom. The topological polar surface area (TPSA) is 57.8 Å². The fraction of sp³-hybridized carbons (Fsp3) is 0.375. The number of H-pyrrole nitrogens is 1. The number of benzene rings is 1. The van der Waals surface area contributed by atoms with Crippen molar-refractivity contribution < 1.29 is 4.39 Å². The van der Waals surface area contributed by atoms with Crippen LogP contribution in [0.4, 0.5) is 4.39 Å². The fourth-order valence-electron chi connectivity index (χ4n) is 2.62. The maximum absolute atomic E-state index is 13.3. The predicted octanol–water partition coefficient (Wildman–Crippen LogP) is 3.11. The van der Waals surface area contributed by atoms with E-state index in [1.54, 1.807) is 19.1 Å². The highest BCUT2D eigenvalue weighted by Crippen LogP contribution is 2.41. The molecule has 1 aromatic heterocycles. The first-order valence-corrected chi connectivity index (χ1v) is 7.66. The van der Waals surface area contributed by atoms with Crippen LogP contribution in [0.25, 0.3) is 0 Å². The molecule has 0 radical (unpaired) electrons. The van der Waals surface area contributed by atoms with E-state index in [4.69, 9.17) is 11.6 Å². The summed E-state index contributed by atoms with van der Waals surface area (Å²) in [4.78, 5) is 18.5. The number of nitrogens with one attached hydrogen (secondary N) is 2. The lowest BCUT2D eigenvalue weighted by Gasteiger charge is -2.19. The number of halogens is 2. The first-order valence-electron chi connectivity index (χ1n) is 7.28. The molecule has 1 aliphatic carbocycles. The van der Waals surface area contributed by atoms with Crippen molar-refractivity contribution >= 4 is 11.6 Å². The third-order valence-corrected chi connectivity index (χ3v) is 4.09. The van der Waals surface area contributed by atoms with Crippen molar-refractivity contribution in [3.05, 3.63) is 62.5 Å². The van der Waals surface area contributed by atoms with Gasteiger partial charge in [-0.25, -0.2) is 9.37 Å². The molecule has 22 heavy (non-hydrogen) atoms. The summed E-state index contributed by atoms with van der Waals surface area (Å²) in [6.07, 6.45) is 2.26. The summed E-state index contributed by atoms with van der Waals surface area (Å²) in [6, 6.07) is 6.36. The molecular weight excluding hydrogens is 305 g/mol. The van der Waals surface area contributed by atoms with Gasteiger partial charge in [-0.05, 0) is 43.4 Å². The van der Waals surface area contributed by atoms with Crippen LogP contribution in [0.1, 0.15) is 36.0 Å². The molecule has 1 aliphatic rings. The van der Waals surface area contributed by atoms with E-state index in [-0.39, 0.29) is 16.6 Å². The zero-order valence-corrected chi connectivity index (χ0v) is 13.0. The smallest absolute Gasteiger partial charge is 0.251 e. The predicted molar refractivity (Wildman–Crippen MR) is 83.3 cm³/mol. The number of aromatic amines is 1. The van der Waals surface area contributed by atoms with E-state index in [9.17, 15) is 9.18 Å². The highest BCUT2D eigenvalue weighted by atomic mass is 35.5. The number of rotatable bonds is 5. The van der Waals surface area contributed by atoms with Gasteiger partial charge in [0.1, 0.15) is 11.6 Å². The molecule has 0 aliphatic heterocycles. The van der Waals surface area contributed by atoms with Crippen molar-refractivity contribution in [3.63, 3.8) is 0 Å². The molecule has 2 aromatic rings. The zero-order chi connectivity index (χ0) is 15.7. The minimum atomic E-state index is -0.412. The lowest BCUT2D eigenvalue weighted by atomic mass is 10.0. The second-order valence-corrected chi connectivity index (χ2v) is 6.11. The number of aryl methyl sites for hydroxylation is 1. The summed E-state index contributed by atoms with van der Waals surface area (Å²) in [6.45, 7) is 2.24. The van der Waals surface area contributed by atoms with Crippen molar-refractivity contribution in [2.45, 2.75) is 32.4 Å².